The van der Waals surface area contributed by atoms with Crippen molar-refractivity contribution in [2.24, 2.45) is 7.05 Å². The van der Waals surface area contributed by atoms with Crippen LogP contribution >= 0.6 is 0 Å². The van der Waals surface area contributed by atoms with E-state index in [1.54, 1.807) is 24.3 Å². The molecule has 1 amide bonds. The molecule has 6 heteroatoms. The Morgan fingerprint density at radius 1 is 1.03 bits per heavy atom. The number of imidazole rings is 1. The molecule has 0 radical (unpaired) electrons. The lowest BCUT2D eigenvalue weighted by molar-refractivity contribution is 0.0775. The van der Waals surface area contributed by atoms with E-state index in [9.17, 15) is 4.79 Å². The maximum Gasteiger partial charge on any atom is 0.272 e. The minimum atomic E-state index is -0.0779. The number of hydrogen-bond donors (Lipinski definition) is 0. The van der Waals surface area contributed by atoms with Crippen LogP contribution in [0.4, 0.5) is 0 Å². The van der Waals surface area contributed by atoms with Gasteiger partial charge in [0.25, 0.3) is 5.91 Å². The summed E-state index contributed by atoms with van der Waals surface area (Å²) >= 11 is 0. The highest BCUT2D eigenvalue weighted by molar-refractivity contribution is 5.93. The Hall–Kier alpha value is -3.67. The van der Waals surface area contributed by atoms with Gasteiger partial charge in [-0.15, -0.1) is 0 Å². The van der Waals surface area contributed by atoms with Crippen LogP contribution in [0, 0.1) is 6.92 Å². The van der Waals surface area contributed by atoms with Crippen LogP contribution in [0.1, 0.15) is 21.6 Å². The predicted molar refractivity (Wildman–Crippen MR) is 113 cm³/mol. The van der Waals surface area contributed by atoms with Crippen molar-refractivity contribution in [3.05, 3.63) is 90.0 Å². The molecule has 0 saturated heterocycles. The van der Waals surface area contributed by atoms with Gasteiger partial charge < -0.3 is 9.47 Å². The molecule has 0 aliphatic rings. The van der Waals surface area contributed by atoms with Crippen LogP contribution in [0.3, 0.4) is 0 Å². The Morgan fingerprint density at radius 3 is 2.52 bits per heavy atom. The van der Waals surface area contributed by atoms with Crippen LogP contribution in [-0.4, -0.2) is 37.2 Å². The lowest BCUT2D eigenvalue weighted by Gasteiger charge is -2.16. The number of para-hydroxylation sites is 1. The van der Waals surface area contributed by atoms with Gasteiger partial charge in [0, 0.05) is 38.0 Å². The van der Waals surface area contributed by atoms with E-state index in [4.69, 9.17) is 0 Å². The minimum absolute atomic E-state index is 0.0779. The quantitative estimate of drug-likeness (QED) is 0.524. The Balaban J connectivity index is 1.51. The molecule has 0 unspecified atom stereocenters. The third-order valence-corrected chi connectivity index (χ3v) is 5.00. The standard InChI is InChI=1S/C23H23N5O/c1-17-9-7-8-12-20(17)28-16-18(13-25-28)15-26(2)23(29)21-14-24-22(27(21)3)19-10-5-4-6-11-19/h4-14,16H,15H2,1-3H3. The monoisotopic (exact) mass is 385 g/mol. The van der Waals surface area contributed by atoms with Gasteiger partial charge in [-0.2, -0.15) is 5.10 Å². The first-order valence-electron chi connectivity index (χ1n) is 9.47. The number of carbonyl (C=O) groups excluding carboxylic acids is 1. The zero-order valence-electron chi connectivity index (χ0n) is 16.8. The largest absolute Gasteiger partial charge is 0.336 e. The van der Waals surface area contributed by atoms with Crippen LogP contribution in [0.2, 0.25) is 0 Å². The highest BCUT2D eigenvalue weighted by Crippen LogP contribution is 2.19. The summed E-state index contributed by atoms with van der Waals surface area (Å²) < 4.78 is 3.69. The molecule has 6 nitrogen and oxygen atoms in total. The van der Waals surface area contributed by atoms with Crippen molar-refractivity contribution in [3.63, 3.8) is 0 Å². The van der Waals surface area contributed by atoms with Crippen molar-refractivity contribution >= 4 is 5.91 Å². The van der Waals surface area contributed by atoms with Gasteiger partial charge in [-0.1, -0.05) is 48.5 Å². The lowest BCUT2D eigenvalue weighted by atomic mass is 10.2. The summed E-state index contributed by atoms with van der Waals surface area (Å²) in [6.45, 7) is 2.52. The topological polar surface area (TPSA) is 56.0 Å². The first kappa shape index (κ1) is 18.7. The molecule has 4 aromatic rings. The van der Waals surface area contributed by atoms with Crippen molar-refractivity contribution in [3.8, 4) is 17.1 Å². The third-order valence-electron chi connectivity index (χ3n) is 5.00. The average Bonchev–Trinajstić information content (AvgIpc) is 3.35. The summed E-state index contributed by atoms with van der Waals surface area (Å²) in [5.41, 5.74) is 4.69. The van der Waals surface area contributed by atoms with Crippen molar-refractivity contribution in [2.75, 3.05) is 7.05 Å². The van der Waals surface area contributed by atoms with E-state index >= 15 is 0 Å². The third kappa shape index (κ3) is 3.69. The molecule has 0 bridgehead atoms. The number of benzene rings is 2. The van der Waals surface area contributed by atoms with Gasteiger partial charge in [-0.25, -0.2) is 9.67 Å². The zero-order valence-corrected chi connectivity index (χ0v) is 16.8. The fourth-order valence-electron chi connectivity index (χ4n) is 3.40. The number of rotatable bonds is 5. The fraction of sp³-hybridized carbons (Fsp3) is 0.174. The molecule has 0 aliphatic heterocycles. The van der Waals surface area contributed by atoms with E-state index in [0.717, 1.165) is 28.2 Å². The molecule has 2 aromatic heterocycles. The lowest BCUT2D eigenvalue weighted by Crippen LogP contribution is -2.27. The predicted octanol–water partition coefficient (Wildman–Crippen LogP) is 3.85. The molecule has 29 heavy (non-hydrogen) atoms. The molecule has 0 atom stereocenters. The SMILES string of the molecule is Cc1ccccc1-n1cc(CN(C)C(=O)c2cnc(-c3ccccc3)n2C)cn1. The van der Waals surface area contributed by atoms with Crippen LogP contribution in [0.25, 0.3) is 17.1 Å². The highest BCUT2D eigenvalue weighted by Gasteiger charge is 2.19. The fourth-order valence-corrected chi connectivity index (χ4v) is 3.40. The summed E-state index contributed by atoms with van der Waals surface area (Å²) in [6, 6.07) is 17.9. The minimum Gasteiger partial charge on any atom is -0.336 e. The average molecular weight is 385 g/mol. The summed E-state index contributed by atoms with van der Waals surface area (Å²) in [6.07, 6.45) is 5.40. The molecule has 2 heterocycles. The van der Waals surface area contributed by atoms with E-state index in [1.165, 1.54) is 0 Å². The van der Waals surface area contributed by atoms with Gasteiger partial charge >= 0.3 is 0 Å². The summed E-state index contributed by atoms with van der Waals surface area (Å²) in [7, 11) is 3.66. The number of aryl methyl sites for hydroxylation is 1. The van der Waals surface area contributed by atoms with Crippen LogP contribution in [-0.2, 0) is 13.6 Å². The second-order valence-corrected chi connectivity index (χ2v) is 7.13. The Morgan fingerprint density at radius 2 is 1.76 bits per heavy atom. The molecule has 0 saturated carbocycles. The number of hydrogen-bond acceptors (Lipinski definition) is 3. The Kier molecular flexibility index (Phi) is 4.99. The molecular formula is C23H23N5O. The molecule has 0 spiro atoms. The Bertz CT molecular complexity index is 1140. The zero-order chi connectivity index (χ0) is 20.4. The van der Waals surface area contributed by atoms with Crippen LogP contribution in [0.15, 0.2) is 73.2 Å². The van der Waals surface area contributed by atoms with E-state index in [0.29, 0.717) is 12.2 Å². The smallest absolute Gasteiger partial charge is 0.272 e. The van der Waals surface area contributed by atoms with Crippen molar-refractivity contribution in [2.45, 2.75) is 13.5 Å². The summed E-state index contributed by atoms with van der Waals surface area (Å²) in [4.78, 5) is 19.1. The first-order chi connectivity index (χ1) is 14.0. The molecule has 4 rings (SSSR count). The molecule has 146 valence electrons. The molecule has 2 aromatic carbocycles. The number of nitrogens with zero attached hydrogens (tertiary/aromatic N) is 5. The number of amides is 1. The summed E-state index contributed by atoms with van der Waals surface area (Å²) in [5.74, 6) is 0.695. The summed E-state index contributed by atoms with van der Waals surface area (Å²) in [5, 5.41) is 4.45. The van der Waals surface area contributed by atoms with Gasteiger partial charge in [-0.3, -0.25) is 4.79 Å². The number of aromatic nitrogens is 4. The first-order valence-corrected chi connectivity index (χ1v) is 9.47. The molecule has 0 aliphatic carbocycles. The highest BCUT2D eigenvalue weighted by atomic mass is 16.2. The van der Waals surface area contributed by atoms with E-state index in [2.05, 4.69) is 23.1 Å². The maximum absolute atomic E-state index is 13.0. The van der Waals surface area contributed by atoms with Crippen LogP contribution in [0.5, 0.6) is 0 Å². The van der Waals surface area contributed by atoms with Crippen molar-refractivity contribution < 1.29 is 4.79 Å². The van der Waals surface area contributed by atoms with E-state index in [1.807, 2.05) is 71.0 Å². The van der Waals surface area contributed by atoms with Gasteiger partial charge in [0.05, 0.1) is 18.1 Å². The van der Waals surface area contributed by atoms with Gasteiger partial charge in [0.1, 0.15) is 11.5 Å². The number of carbonyl (C=O) groups is 1. The Labute approximate surface area is 170 Å². The molecule has 0 N–H and O–H groups in total. The van der Waals surface area contributed by atoms with Gasteiger partial charge in [0.2, 0.25) is 0 Å². The second-order valence-electron chi connectivity index (χ2n) is 7.13. The normalized spacial score (nSPS) is 10.9. The van der Waals surface area contributed by atoms with E-state index in [-0.39, 0.29) is 5.91 Å². The van der Waals surface area contributed by atoms with E-state index < -0.39 is 0 Å². The molecular weight excluding hydrogens is 362 g/mol. The second kappa shape index (κ2) is 7.75. The molecule has 0 fully saturated rings. The van der Waals surface area contributed by atoms with Crippen molar-refractivity contribution in [1.29, 1.82) is 0 Å². The van der Waals surface area contributed by atoms with Crippen LogP contribution < -0.4 is 0 Å². The maximum atomic E-state index is 13.0. The van der Waals surface area contributed by atoms with Crippen molar-refractivity contribution in [1.82, 2.24) is 24.2 Å². The van der Waals surface area contributed by atoms with Gasteiger partial charge in [0.15, 0.2) is 0 Å². The van der Waals surface area contributed by atoms with Gasteiger partial charge in [-0.05, 0) is 18.6 Å².